The Morgan fingerprint density at radius 3 is 2.52 bits per heavy atom. The number of amides is 1. The van der Waals surface area contributed by atoms with E-state index in [-0.39, 0.29) is 43.6 Å². The fourth-order valence-electron chi connectivity index (χ4n) is 2.89. The number of nitrogens with zero attached hydrogens (tertiary/aromatic N) is 3. The predicted octanol–water partition coefficient (Wildman–Crippen LogP) is 6.16. The van der Waals surface area contributed by atoms with Gasteiger partial charge >= 0.3 is 0 Å². The van der Waals surface area contributed by atoms with Crippen LogP contribution in [0.4, 0.5) is 5.69 Å². The number of hydrogen-bond acceptors (Lipinski definition) is 6. The monoisotopic (exact) mass is 609 g/mol. The number of hydrogen-bond donors (Lipinski definition) is 2. The molecule has 7 nitrogen and oxygen atoms in total. The molecule has 2 heterocycles. The highest BCUT2D eigenvalue weighted by Gasteiger charge is 2.25. The first kappa shape index (κ1) is 26.3. The van der Waals surface area contributed by atoms with Crippen LogP contribution in [0.25, 0.3) is 5.82 Å². The van der Waals surface area contributed by atoms with Crippen LogP contribution in [-0.4, -0.2) is 44.5 Å². The molecule has 3 rings (SSSR count). The SMILES string of the molecule is CSCC[C@H](N)C(=O)c1cc(Cl)cc(Cl)c1NC(=O)c1cc(Br)nn1-c1ncc(Cl)cc1Cl. The van der Waals surface area contributed by atoms with Gasteiger partial charge in [-0.1, -0.05) is 46.4 Å². The summed E-state index contributed by atoms with van der Waals surface area (Å²) in [6.45, 7) is 0. The second-order valence-electron chi connectivity index (χ2n) is 6.74. The Bertz CT molecular complexity index is 1220. The van der Waals surface area contributed by atoms with E-state index >= 15 is 0 Å². The van der Waals surface area contributed by atoms with Gasteiger partial charge in [-0.2, -0.15) is 16.9 Å². The number of anilines is 1. The van der Waals surface area contributed by atoms with Gasteiger partial charge in [-0.15, -0.1) is 0 Å². The van der Waals surface area contributed by atoms with E-state index in [0.717, 1.165) is 0 Å². The molecule has 3 N–H and O–H groups in total. The fraction of sp³-hybridized carbons (Fsp3) is 0.200. The van der Waals surface area contributed by atoms with E-state index in [1.807, 2.05) is 6.26 Å². The van der Waals surface area contributed by atoms with Crippen LogP contribution in [0.5, 0.6) is 0 Å². The summed E-state index contributed by atoms with van der Waals surface area (Å²) in [6.07, 6.45) is 3.75. The van der Waals surface area contributed by atoms with Crippen molar-refractivity contribution in [2.75, 3.05) is 17.3 Å². The molecule has 0 radical (unpaired) electrons. The third-order valence-corrected chi connectivity index (χ3v) is 6.46. The van der Waals surface area contributed by atoms with Crippen LogP contribution in [0.2, 0.25) is 20.1 Å². The van der Waals surface area contributed by atoms with Crippen molar-refractivity contribution in [3.8, 4) is 5.82 Å². The van der Waals surface area contributed by atoms with Gasteiger partial charge in [0.1, 0.15) is 10.3 Å². The number of benzene rings is 1. The highest BCUT2D eigenvalue weighted by atomic mass is 79.9. The summed E-state index contributed by atoms with van der Waals surface area (Å²) in [7, 11) is 0. The minimum absolute atomic E-state index is 0.0784. The minimum Gasteiger partial charge on any atom is -0.321 e. The second kappa shape index (κ2) is 11.4. The molecule has 0 unspecified atom stereocenters. The Morgan fingerprint density at radius 1 is 1.15 bits per heavy atom. The molecule has 0 aliphatic rings. The van der Waals surface area contributed by atoms with Gasteiger partial charge in [0.05, 0.1) is 26.8 Å². The maximum atomic E-state index is 13.2. The van der Waals surface area contributed by atoms with Gasteiger partial charge in [-0.3, -0.25) is 9.59 Å². The summed E-state index contributed by atoms with van der Waals surface area (Å²) in [5.74, 6) is -0.113. The molecule has 0 aliphatic heterocycles. The average Bonchev–Trinajstić information content (AvgIpc) is 3.14. The number of nitrogens with one attached hydrogen (secondary N) is 1. The molecule has 1 amide bonds. The zero-order valence-electron chi connectivity index (χ0n) is 16.9. The lowest BCUT2D eigenvalue weighted by Crippen LogP contribution is -2.32. The van der Waals surface area contributed by atoms with Crippen LogP contribution in [0.15, 0.2) is 35.1 Å². The number of rotatable bonds is 8. The van der Waals surface area contributed by atoms with E-state index < -0.39 is 11.9 Å². The molecule has 0 spiro atoms. The van der Waals surface area contributed by atoms with Crippen LogP contribution >= 0.6 is 74.1 Å². The van der Waals surface area contributed by atoms with Crippen molar-refractivity contribution in [2.45, 2.75) is 12.5 Å². The number of ketones is 1. The number of aromatic nitrogens is 3. The first-order valence-electron chi connectivity index (χ1n) is 9.28. The topological polar surface area (TPSA) is 103 Å². The van der Waals surface area contributed by atoms with Crippen molar-refractivity contribution in [3.63, 3.8) is 0 Å². The highest BCUT2D eigenvalue weighted by molar-refractivity contribution is 9.10. The van der Waals surface area contributed by atoms with Gasteiger partial charge in [0.15, 0.2) is 11.6 Å². The van der Waals surface area contributed by atoms with Crippen LogP contribution < -0.4 is 11.1 Å². The molecule has 0 saturated heterocycles. The van der Waals surface area contributed by atoms with E-state index in [1.54, 1.807) is 11.8 Å². The van der Waals surface area contributed by atoms with Crippen molar-refractivity contribution < 1.29 is 9.59 Å². The third kappa shape index (κ3) is 6.22. The molecule has 33 heavy (non-hydrogen) atoms. The van der Waals surface area contributed by atoms with E-state index in [1.165, 1.54) is 35.1 Å². The Balaban J connectivity index is 2.00. The summed E-state index contributed by atoms with van der Waals surface area (Å²) in [5, 5.41) is 7.75. The van der Waals surface area contributed by atoms with E-state index in [0.29, 0.717) is 21.8 Å². The Kier molecular flexibility index (Phi) is 9.08. The van der Waals surface area contributed by atoms with Gasteiger partial charge in [-0.05, 0) is 52.6 Å². The maximum Gasteiger partial charge on any atom is 0.274 e. The van der Waals surface area contributed by atoms with Gasteiger partial charge in [0.25, 0.3) is 5.91 Å². The molecule has 174 valence electrons. The van der Waals surface area contributed by atoms with Crippen molar-refractivity contribution in [1.82, 2.24) is 14.8 Å². The van der Waals surface area contributed by atoms with Crippen LogP contribution in [-0.2, 0) is 0 Å². The number of thioether (sulfide) groups is 1. The Labute approximate surface area is 222 Å². The zero-order valence-corrected chi connectivity index (χ0v) is 22.3. The highest BCUT2D eigenvalue weighted by Crippen LogP contribution is 2.32. The summed E-state index contributed by atoms with van der Waals surface area (Å²) in [6, 6.07) is 5.02. The Morgan fingerprint density at radius 2 is 1.85 bits per heavy atom. The van der Waals surface area contributed by atoms with E-state index in [2.05, 4.69) is 31.3 Å². The predicted molar refractivity (Wildman–Crippen MR) is 139 cm³/mol. The number of halogens is 5. The number of Topliss-reactive ketones (excluding diaryl/α,β-unsaturated/α-hetero) is 1. The van der Waals surface area contributed by atoms with Crippen LogP contribution in [0, 0.1) is 0 Å². The van der Waals surface area contributed by atoms with Gasteiger partial charge in [0.2, 0.25) is 0 Å². The summed E-state index contributed by atoms with van der Waals surface area (Å²) >= 11 is 29.5. The van der Waals surface area contributed by atoms with Crippen molar-refractivity contribution in [3.05, 3.63) is 66.4 Å². The van der Waals surface area contributed by atoms with Crippen molar-refractivity contribution in [2.24, 2.45) is 5.73 Å². The quantitative estimate of drug-likeness (QED) is 0.296. The first-order valence-corrected chi connectivity index (χ1v) is 13.0. The molecule has 0 aliphatic carbocycles. The first-order chi connectivity index (χ1) is 15.6. The smallest absolute Gasteiger partial charge is 0.274 e. The zero-order chi connectivity index (χ0) is 24.3. The minimum atomic E-state index is -0.778. The summed E-state index contributed by atoms with van der Waals surface area (Å²) < 4.78 is 1.60. The summed E-state index contributed by atoms with van der Waals surface area (Å²) in [5.41, 5.74) is 6.35. The lowest BCUT2D eigenvalue weighted by Gasteiger charge is -2.16. The lowest BCUT2D eigenvalue weighted by molar-refractivity contribution is 0.0960. The maximum absolute atomic E-state index is 13.2. The second-order valence-corrected chi connectivity index (χ2v) is 10.2. The standard InChI is InChI=1S/C20H16BrCl4N5O2S/c1-33-3-2-14(26)18(31)11-4-9(22)5-12(24)17(11)28-20(32)15-7-16(21)29-30(15)19-13(25)6-10(23)8-27-19/h4-8,14H,2-3,26H2,1H3,(H,28,32)/t14-/m0/s1. The largest absolute Gasteiger partial charge is 0.321 e. The van der Waals surface area contributed by atoms with E-state index in [4.69, 9.17) is 52.1 Å². The van der Waals surface area contributed by atoms with Crippen molar-refractivity contribution in [1.29, 1.82) is 0 Å². The molecule has 13 heteroatoms. The van der Waals surface area contributed by atoms with Gasteiger partial charge < -0.3 is 11.1 Å². The molecule has 1 atom stereocenters. The molecule has 0 bridgehead atoms. The molecular weight excluding hydrogens is 596 g/mol. The molecule has 0 saturated carbocycles. The molecular formula is C20H16BrCl4N5O2S. The molecule has 0 fully saturated rings. The number of pyridine rings is 1. The number of carbonyl (C=O) groups excluding carboxylic acids is 2. The lowest BCUT2D eigenvalue weighted by atomic mass is 10.0. The molecule has 2 aromatic heterocycles. The molecule has 1 aromatic carbocycles. The Hall–Kier alpha value is -1.33. The molecule has 3 aromatic rings. The van der Waals surface area contributed by atoms with E-state index in [9.17, 15) is 9.59 Å². The van der Waals surface area contributed by atoms with Crippen LogP contribution in [0.3, 0.4) is 0 Å². The summed E-state index contributed by atoms with van der Waals surface area (Å²) in [4.78, 5) is 30.4. The third-order valence-electron chi connectivity index (χ3n) is 4.43. The van der Waals surface area contributed by atoms with Crippen LogP contribution in [0.1, 0.15) is 27.3 Å². The van der Waals surface area contributed by atoms with Gasteiger partial charge in [-0.25, -0.2) is 9.67 Å². The fourth-order valence-corrected chi connectivity index (χ4v) is 4.75. The van der Waals surface area contributed by atoms with Crippen molar-refractivity contribution >= 4 is 91.5 Å². The average molecular weight is 612 g/mol. The van der Waals surface area contributed by atoms with Gasteiger partial charge in [0, 0.05) is 22.8 Å². The number of carbonyl (C=O) groups is 2. The number of nitrogens with two attached hydrogens (primary N) is 1. The normalized spacial score (nSPS) is 12.0.